The van der Waals surface area contributed by atoms with Crippen LogP contribution in [0.15, 0.2) is 4.99 Å². The molecule has 2 nitrogen and oxygen atoms in total. The zero-order valence-corrected chi connectivity index (χ0v) is 5.01. The van der Waals surface area contributed by atoms with Crippen LogP contribution >= 0.6 is 0 Å². The monoisotopic (exact) mass is 129 g/mol. The van der Waals surface area contributed by atoms with Crippen LogP contribution in [0.3, 0.4) is 0 Å². The van der Waals surface area contributed by atoms with Gasteiger partial charge in [0, 0.05) is 0 Å². The number of rotatable bonds is 3. The van der Waals surface area contributed by atoms with Gasteiger partial charge in [-0.2, -0.15) is 0 Å². The van der Waals surface area contributed by atoms with Crippen molar-refractivity contribution in [2.45, 2.75) is 19.0 Å². The zero-order valence-electron chi connectivity index (χ0n) is 5.01. The lowest BCUT2D eigenvalue weighted by atomic mass is 10.3. The topological polar surface area (TPSA) is 29.4 Å². The van der Waals surface area contributed by atoms with Crippen molar-refractivity contribution >= 4 is 6.08 Å². The fourth-order valence-corrected chi connectivity index (χ4v) is 0.731. The first-order chi connectivity index (χ1) is 4.34. The lowest BCUT2D eigenvalue weighted by molar-refractivity contribution is 0.306. The van der Waals surface area contributed by atoms with E-state index in [1.54, 1.807) is 0 Å². The number of halogens is 1. The van der Waals surface area contributed by atoms with Crippen LogP contribution in [0, 0.1) is 5.92 Å². The van der Waals surface area contributed by atoms with Crippen molar-refractivity contribution in [1.82, 2.24) is 0 Å². The minimum atomic E-state index is -0.897. The Morgan fingerprint density at radius 3 is 2.89 bits per heavy atom. The van der Waals surface area contributed by atoms with Gasteiger partial charge >= 0.3 is 0 Å². The lowest BCUT2D eigenvalue weighted by Crippen LogP contribution is -2.06. The smallest absolute Gasteiger partial charge is 0.235 e. The van der Waals surface area contributed by atoms with Crippen LogP contribution in [0.4, 0.5) is 4.39 Å². The average Bonchev–Trinajstić information content (AvgIpc) is 2.63. The summed E-state index contributed by atoms with van der Waals surface area (Å²) in [4.78, 5) is 12.6. The maximum absolute atomic E-state index is 12.5. The summed E-state index contributed by atoms with van der Waals surface area (Å²) in [5, 5.41) is 0. The van der Waals surface area contributed by atoms with E-state index in [1.807, 2.05) is 0 Å². The predicted octanol–water partition coefficient (Wildman–Crippen LogP) is 1.07. The largest absolute Gasteiger partial charge is 0.245 e. The van der Waals surface area contributed by atoms with Crippen molar-refractivity contribution in [2.24, 2.45) is 10.9 Å². The molecule has 0 aliphatic heterocycles. The quantitative estimate of drug-likeness (QED) is 0.414. The van der Waals surface area contributed by atoms with Crippen LogP contribution in [-0.4, -0.2) is 18.8 Å². The third-order valence-electron chi connectivity index (χ3n) is 1.46. The second-order valence-corrected chi connectivity index (χ2v) is 2.29. The van der Waals surface area contributed by atoms with Crippen molar-refractivity contribution in [1.29, 1.82) is 0 Å². The van der Waals surface area contributed by atoms with E-state index >= 15 is 0 Å². The van der Waals surface area contributed by atoms with E-state index < -0.39 is 6.17 Å². The van der Waals surface area contributed by atoms with Gasteiger partial charge in [-0.1, -0.05) is 0 Å². The van der Waals surface area contributed by atoms with Crippen molar-refractivity contribution in [3.05, 3.63) is 0 Å². The Hall–Kier alpha value is -0.690. The van der Waals surface area contributed by atoms with E-state index in [1.165, 1.54) is 6.08 Å². The summed E-state index contributed by atoms with van der Waals surface area (Å²) in [6.07, 6.45) is 2.33. The molecule has 0 N–H and O–H groups in total. The van der Waals surface area contributed by atoms with Gasteiger partial charge in [-0.3, -0.25) is 0 Å². The average molecular weight is 129 g/mol. The number of aliphatic imine (C=N–C) groups is 1. The molecule has 0 amide bonds. The molecule has 0 aromatic rings. The molecular weight excluding hydrogens is 121 g/mol. The van der Waals surface area contributed by atoms with E-state index in [4.69, 9.17) is 0 Å². The number of hydrogen-bond acceptors (Lipinski definition) is 2. The third kappa shape index (κ3) is 1.94. The molecule has 50 valence electrons. The molecule has 3 heteroatoms. The molecule has 1 atom stereocenters. The molecule has 0 saturated heterocycles. The van der Waals surface area contributed by atoms with Crippen LogP contribution in [0.1, 0.15) is 12.8 Å². The normalized spacial score (nSPS) is 20.6. The maximum atomic E-state index is 12.5. The summed E-state index contributed by atoms with van der Waals surface area (Å²) in [6, 6.07) is 0. The van der Waals surface area contributed by atoms with Gasteiger partial charge in [-0.15, -0.1) is 0 Å². The fourth-order valence-electron chi connectivity index (χ4n) is 0.731. The summed E-state index contributed by atoms with van der Waals surface area (Å²) in [7, 11) is 0. The Bertz CT molecular complexity index is 138. The summed E-state index contributed by atoms with van der Waals surface area (Å²) >= 11 is 0. The van der Waals surface area contributed by atoms with Gasteiger partial charge in [0.2, 0.25) is 6.08 Å². The molecule has 1 unspecified atom stereocenters. The van der Waals surface area contributed by atoms with Crippen molar-refractivity contribution in [3.8, 4) is 0 Å². The molecule has 1 fully saturated rings. The maximum Gasteiger partial charge on any atom is 0.235 e. The molecule has 0 spiro atoms. The van der Waals surface area contributed by atoms with Gasteiger partial charge in [0.25, 0.3) is 0 Å². The predicted molar refractivity (Wildman–Crippen MR) is 30.6 cm³/mol. The molecule has 1 aliphatic rings. The standard InChI is InChI=1S/C6H8FNO/c7-6(3-8-4-9)5-1-2-5/h5-6H,1-3H2. The highest BCUT2D eigenvalue weighted by atomic mass is 19.1. The van der Waals surface area contributed by atoms with Gasteiger partial charge in [0.05, 0.1) is 6.54 Å². The number of carbonyl (C=O) groups excluding carboxylic acids is 1. The van der Waals surface area contributed by atoms with Gasteiger partial charge in [-0.05, 0) is 18.8 Å². The summed E-state index contributed by atoms with van der Waals surface area (Å²) in [5.41, 5.74) is 0. The molecule has 0 heterocycles. The minimum absolute atomic E-state index is 0.00810. The van der Waals surface area contributed by atoms with Crippen LogP contribution in [0.25, 0.3) is 0 Å². The highest BCUT2D eigenvalue weighted by Crippen LogP contribution is 2.34. The van der Waals surface area contributed by atoms with E-state index in [0.717, 1.165) is 12.8 Å². The molecule has 1 rings (SSSR count). The van der Waals surface area contributed by atoms with Gasteiger partial charge < -0.3 is 0 Å². The molecule has 1 saturated carbocycles. The Balaban J connectivity index is 2.17. The number of isocyanates is 1. The molecule has 0 radical (unpaired) electrons. The second-order valence-electron chi connectivity index (χ2n) is 2.29. The van der Waals surface area contributed by atoms with Crippen molar-refractivity contribution in [3.63, 3.8) is 0 Å². The molecule has 0 aromatic heterocycles. The van der Waals surface area contributed by atoms with Crippen LogP contribution in [0.2, 0.25) is 0 Å². The number of hydrogen-bond donors (Lipinski definition) is 0. The third-order valence-corrected chi connectivity index (χ3v) is 1.46. The SMILES string of the molecule is O=C=NCC(F)C1CC1. The Kier molecular flexibility index (Phi) is 1.96. The van der Waals surface area contributed by atoms with Crippen molar-refractivity contribution in [2.75, 3.05) is 6.54 Å². The van der Waals surface area contributed by atoms with Gasteiger partial charge in [0.1, 0.15) is 6.17 Å². The molecule has 0 bridgehead atoms. The molecule has 9 heavy (non-hydrogen) atoms. The molecule has 0 aromatic carbocycles. The summed E-state index contributed by atoms with van der Waals surface area (Å²) in [6.45, 7) is 0.00810. The second kappa shape index (κ2) is 2.74. The minimum Gasteiger partial charge on any atom is -0.245 e. The molecular formula is C6H8FNO. The Labute approximate surface area is 52.8 Å². The van der Waals surface area contributed by atoms with Crippen molar-refractivity contribution < 1.29 is 9.18 Å². The first-order valence-corrected chi connectivity index (χ1v) is 3.02. The highest BCUT2D eigenvalue weighted by Gasteiger charge is 2.30. The van der Waals surface area contributed by atoms with Gasteiger partial charge in [-0.25, -0.2) is 14.2 Å². The highest BCUT2D eigenvalue weighted by molar-refractivity contribution is 5.32. The van der Waals surface area contributed by atoms with Crippen LogP contribution < -0.4 is 0 Å². The number of nitrogens with zero attached hydrogens (tertiary/aromatic N) is 1. The van der Waals surface area contributed by atoms with E-state index in [9.17, 15) is 9.18 Å². The Morgan fingerprint density at radius 1 is 1.78 bits per heavy atom. The Morgan fingerprint density at radius 2 is 2.44 bits per heavy atom. The summed E-state index contributed by atoms with van der Waals surface area (Å²) < 4.78 is 12.5. The van der Waals surface area contributed by atoms with Gasteiger partial charge in [0.15, 0.2) is 0 Å². The van der Waals surface area contributed by atoms with Crippen LogP contribution in [-0.2, 0) is 4.79 Å². The summed E-state index contributed by atoms with van der Waals surface area (Å²) in [5.74, 6) is 0.182. The van der Waals surface area contributed by atoms with Crippen LogP contribution in [0.5, 0.6) is 0 Å². The number of alkyl halides is 1. The fraction of sp³-hybridized carbons (Fsp3) is 0.833. The molecule has 1 aliphatic carbocycles. The lowest BCUT2D eigenvalue weighted by Gasteiger charge is -1.97. The first-order valence-electron chi connectivity index (χ1n) is 3.02. The first kappa shape index (κ1) is 6.43. The van der Waals surface area contributed by atoms with E-state index in [0.29, 0.717) is 0 Å². The zero-order chi connectivity index (χ0) is 6.69. The van der Waals surface area contributed by atoms with E-state index in [2.05, 4.69) is 4.99 Å². The van der Waals surface area contributed by atoms with E-state index in [-0.39, 0.29) is 12.5 Å².